The zero-order chi connectivity index (χ0) is 22.2. The lowest BCUT2D eigenvalue weighted by atomic mass is 9.87. The van der Waals surface area contributed by atoms with Crippen LogP contribution in [0, 0.1) is 5.92 Å². The SMILES string of the molecule is CCCCc1nnc(O[C@H]2CC[C@H](CN)CC2)cc1-c1ccc(OC2CCCCC2)cc1. The molecule has 1 heterocycles. The number of aromatic nitrogens is 2. The van der Waals surface area contributed by atoms with E-state index in [4.69, 9.17) is 15.2 Å². The lowest BCUT2D eigenvalue weighted by Gasteiger charge is -2.27. The Kier molecular flexibility index (Phi) is 8.38. The fourth-order valence-electron chi connectivity index (χ4n) is 4.98. The number of ether oxygens (including phenoxy) is 2. The lowest BCUT2D eigenvalue weighted by Crippen LogP contribution is -2.28. The van der Waals surface area contributed by atoms with E-state index in [0.717, 1.165) is 74.1 Å². The average molecular weight is 438 g/mol. The Morgan fingerprint density at radius 3 is 2.28 bits per heavy atom. The minimum Gasteiger partial charge on any atom is -0.490 e. The first-order valence-electron chi connectivity index (χ1n) is 12.8. The van der Waals surface area contributed by atoms with Crippen molar-refractivity contribution in [2.45, 2.75) is 96.2 Å². The van der Waals surface area contributed by atoms with Crippen molar-refractivity contribution in [1.82, 2.24) is 10.2 Å². The molecular formula is C27H39N3O2. The van der Waals surface area contributed by atoms with E-state index in [-0.39, 0.29) is 6.10 Å². The summed E-state index contributed by atoms with van der Waals surface area (Å²) in [7, 11) is 0. The van der Waals surface area contributed by atoms with Gasteiger partial charge < -0.3 is 15.2 Å². The second-order valence-corrected chi connectivity index (χ2v) is 9.55. The van der Waals surface area contributed by atoms with Crippen LogP contribution < -0.4 is 15.2 Å². The van der Waals surface area contributed by atoms with Gasteiger partial charge in [0, 0.05) is 11.6 Å². The molecule has 0 spiro atoms. The molecule has 0 bridgehead atoms. The number of benzene rings is 1. The van der Waals surface area contributed by atoms with Gasteiger partial charge in [0.05, 0.1) is 11.8 Å². The fraction of sp³-hybridized carbons (Fsp3) is 0.630. The van der Waals surface area contributed by atoms with Gasteiger partial charge in [-0.15, -0.1) is 5.10 Å². The summed E-state index contributed by atoms with van der Waals surface area (Å²) in [6, 6.07) is 10.6. The van der Waals surface area contributed by atoms with Crippen molar-refractivity contribution in [1.29, 1.82) is 0 Å². The largest absolute Gasteiger partial charge is 0.490 e. The van der Waals surface area contributed by atoms with E-state index in [0.29, 0.717) is 17.9 Å². The zero-order valence-electron chi connectivity index (χ0n) is 19.6. The molecule has 0 atom stereocenters. The van der Waals surface area contributed by atoms with Crippen LogP contribution in [0.5, 0.6) is 11.6 Å². The Hall–Kier alpha value is -2.14. The molecule has 32 heavy (non-hydrogen) atoms. The number of hydrogen-bond acceptors (Lipinski definition) is 5. The molecule has 2 N–H and O–H groups in total. The summed E-state index contributed by atoms with van der Waals surface area (Å²) in [5.41, 5.74) is 9.16. The van der Waals surface area contributed by atoms with Gasteiger partial charge in [-0.3, -0.25) is 0 Å². The van der Waals surface area contributed by atoms with Crippen molar-refractivity contribution in [2.75, 3.05) is 6.54 Å². The maximum Gasteiger partial charge on any atom is 0.234 e. The van der Waals surface area contributed by atoms with Crippen LogP contribution in [0.15, 0.2) is 30.3 Å². The summed E-state index contributed by atoms with van der Waals surface area (Å²) in [5.74, 6) is 2.24. The van der Waals surface area contributed by atoms with E-state index in [9.17, 15) is 0 Å². The third-order valence-electron chi connectivity index (χ3n) is 7.05. The highest BCUT2D eigenvalue weighted by Crippen LogP contribution is 2.31. The van der Waals surface area contributed by atoms with Gasteiger partial charge in [-0.1, -0.05) is 31.9 Å². The van der Waals surface area contributed by atoms with Gasteiger partial charge in [0.2, 0.25) is 5.88 Å². The van der Waals surface area contributed by atoms with Gasteiger partial charge in [0.25, 0.3) is 0 Å². The third kappa shape index (κ3) is 6.22. The van der Waals surface area contributed by atoms with Crippen LogP contribution in [0.1, 0.15) is 83.2 Å². The van der Waals surface area contributed by atoms with Gasteiger partial charge in [-0.05, 0) is 94.4 Å². The maximum absolute atomic E-state index is 6.25. The second-order valence-electron chi connectivity index (χ2n) is 9.55. The van der Waals surface area contributed by atoms with Gasteiger partial charge in [0.15, 0.2) is 0 Å². The van der Waals surface area contributed by atoms with E-state index >= 15 is 0 Å². The van der Waals surface area contributed by atoms with E-state index in [2.05, 4.69) is 47.5 Å². The number of aryl methyl sites for hydroxylation is 1. The fourth-order valence-corrected chi connectivity index (χ4v) is 4.98. The maximum atomic E-state index is 6.25. The summed E-state index contributed by atoms with van der Waals surface area (Å²) in [5, 5.41) is 9.00. The highest BCUT2D eigenvalue weighted by atomic mass is 16.5. The quantitative estimate of drug-likeness (QED) is 0.514. The van der Waals surface area contributed by atoms with E-state index in [1.165, 1.54) is 32.1 Å². The molecule has 2 aliphatic rings. The van der Waals surface area contributed by atoms with E-state index < -0.39 is 0 Å². The molecule has 4 rings (SSSR count). The zero-order valence-corrected chi connectivity index (χ0v) is 19.6. The van der Waals surface area contributed by atoms with Gasteiger partial charge in [-0.2, -0.15) is 5.10 Å². The number of rotatable bonds is 9. The molecule has 2 saturated carbocycles. The van der Waals surface area contributed by atoms with Crippen LogP contribution in [0.3, 0.4) is 0 Å². The van der Waals surface area contributed by atoms with Gasteiger partial charge >= 0.3 is 0 Å². The molecule has 5 nitrogen and oxygen atoms in total. The van der Waals surface area contributed by atoms with Crippen molar-refractivity contribution in [3.05, 3.63) is 36.0 Å². The van der Waals surface area contributed by atoms with Crippen LogP contribution >= 0.6 is 0 Å². The Morgan fingerprint density at radius 1 is 0.875 bits per heavy atom. The van der Waals surface area contributed by atoms with Gasteiger partial charge in [-0.25, -0.2) is 0 Å². The smallest absolute Gasteiger partial charge is 0.234 e. The minimum atomic E-state index is 0.215. The average Bonchev–Trinajstić information content (AvgIpc) is 2.85. The van der Waals surface area contributed by atoms with Crippen molar-refractivity contribution in [2.24, 2.45) is 11.7 Å². The van der Waals surface area contributed by atoms with Crippen LogP contribution in [-0.4, -0.2) is 29.0 Å². The molecule has 2 fully saturated rings. The number of unbranched alkanes of at least 4 members (excludes halogenated alkanes) is 1. The highest BCUT2D eigenvalue weighted by molar-refractivity contribution is 5.67. The molecule has 0 aliphatic heterocycles. The molecule has 1 aromatic heterocycles. The molecule has 2 aliphatic carbocycles. The standard InChI is InChI=1S/C27H39N3O2/c1-2-3-9-26-25(18-27(30-29-26)32-24-14-10-20(19-28)11-15-24)21-12-16-23(17-13-21)31-22-7-5-4-6-8-22/h12-13,16-18,20,22,24H,2-11,14-15,19,28H2,1H3/t20-,24-. The first-order chi connectivity index (χ1) is 15.7. The Balaban J connectivity index is 1.48. The van der Waals surface area contributed by atoms with Crippen LogP contribution in [-0.2, 0) is 6.42 Å². The molecular weight excluding hydrogens is 398 g/mol. The molecule has 0 amide bonds. The molecule has 0 radical (unpaired) electrons. The van der Waals surface area contributed by atoms with Crippen LogP contribution in [0.4, 0.5) is 0 Å². The van der Waals surface area contributed by atoms with Gasteiger partial charge in [0.1, 0.15) is 11.9 Å². The first kappa shape index (κ1) is 23.0. The highest BCUT2D eigenvalue weighted by Gasteiger charge is 2.22. The van der Waals surface area contributed by atoms with E-state index in [1.807, 2.05) is 0 Å². The molecule has 174 valence electrons. The minimum absolute atomic E-state index is 0.215. The monoisotopic (exact) mass is 437 g/mol. The normalized spacial score (nSPS) is 21.9. The number of nitrogens with two attached hydrogens (primary N) is 1. The summed E-state index contributed by atoms with van der Waals surface area (Å²) in [6.45, 7) is 2.99. The molecule has 2 aromatic rings. The predicted octanol–water partition coefficient (Wildman–Crippen LogP) is 6.09. The van der Waals surface area contributed by atoms with Crippen LogP contribution in [0.2, 0.25) is 0 Å². The Morgan fingerprint density at radius 2 is 1.59 bits per heavy atom. The van der Waals surface area contributed by atoms with Crippen molar-refractivity contribution >= 4 is 0 Å². The van der Waals surface area contributed by atoms with Crippen molar-refractivity contribution < 1.29 is 9.47 Å². The van der Waals surface area contributed by atoms with Crippen molar-refractivity contribution in [3.8, 4) is 22.8 Å². The Labute approximate surface area is 193 Å². The second kappa shape index (κ2) is 11.6. The number of hydrogen-bond donors (Lipinski definition) is 1. The van der Waals surface area contributed by atoms with Crippen LogP contribution in [0.25, 0.3) is 11.1 Å². The number of nitrogens with zero attached hydrogens (tertiary/aromatic N) is 2. The van der Waals surface area contributed by atoms with Crippen molar-refractivity contribution in [3.63, 3.8) is 0 Å². The molecule has 1 aromatic carbocycles. The predicted molar refractivity (Wildman–Crippen MR) is 129 cm³/mol. The first-order valence-corrected chi connectivity index (χ1v) is 12.8. The summed E-state index contributed by atoms with van der Waals surface area (Å²) < 4.78 is 12.5. The lowest BCUT2D eigenvalue weighted by molar-refractivity contribution is 0.126. The summed E-state index contributed by atoms with van der Waals surface area (Å²) in [6.07, 6.45) is 14.4. The summed E-state index contributed by atoms with van der Waals surface area (Å²) >= 11 is 0. The molecule has 0 saturated heterocycles. The summed E-state index contributed by atoms with van der Waals surface area (Å²) in [4.78, 5) is 0. The third-order valence-corrected chi connectivity index (χ3v) is 7.05. The topological polar surface area (TPSA) is 70.3 Å². The van der Waals surface area contributed by atoms with E-state index in [1.54, 1.807) is 0 Å². The molecule has 5 heteroatoms. The Bertz CT molecular complexity index is 825. The molecule has 0 unspecified atom stereocenters.